The number of para-hydroxylation sites is 1. The molecule has 1 aliphatic rings. The number of aliphatic hydroxyl groups is 1. The zero-order valence-corrected chi connectivity index (χ0v) is 25.5. The number of halogens is 1. The van der Waals surface area contributed by atoms with Crippen LogP contribution in [-0.4, -0.2) is 59.5 Å². The normalized spacial score (nSPS) is 20.7. The van der Waals surface area contributed by atoms with Crippen LogP contribution in [0.5, 0.6) is 0 Å². The first-order valence-corrected chi connectivity index (χ1v) is 17.7. The summed E-state index contributed by atoms with van der Waals surface area (Å²) in [5.74, 6) is -0.143. The maximum Gasteiger partial charge on any atom is 0.279 e. The summed E-state index contributed by atoms with van der Waals surface area (Å²) in [6.45, 7) is 5.95. The van der Waals surface area contributed by atoms with E-state index < -0.39 is 14.5 Å². The third-order valence-corrected chi connectivity index (χ3v) is 11.0. The number of amides is 1. The molecule has 2 heterocycles. The SMILES string of the molecule is C[C@H]1[C@H]([Si](C)(C)F)[C@@H](CC(=O)N(CCO)Cc2ccccc2)O[C@H]1CCc1ccc(-n2[nH]c3ccccc3c2=O)cc1. The van der Waals surface area contributed by atoms with E-state index in [1.807, 2.05) is 78.9 Å². The minimum Gasteiger partial charge on any atom is -0.395 e. The first-order chi connectivity index (χ1) is 20.2. The predicted molar refractivity (Wildman–Crippen MR) is 166 cm³/mol. The maximum atomic E-state index is 15.7. The van der Waals surface area contributed by atoms with Crippen LogP contribution in [0.25, 0.3) is 16.6 Å². The van der Waals surface area contributed by atoms with Gasteiger partial charge < -0.3 is 18.9 Å². The fourth-order valence-electron chi connectivity index (χ4n) is 6.45. The molecule has 2 N–H and O–H groups in total. The Morgan fingerprint density at radius 3 is 2.36 bits per heavy atom. The van der Waals surface area contributed by atoms with Crippen LogP contribution in [-0.2, 0) is 22.5 Å². The molecule has 0 aliphatic carbocycles. The van der Waals surface area contributed by atoms with Crippen LogP contribution < -0.4 is 5.56 Å². The van der Waals surface area contributed by atoms with Gasteiger partial charge in [0.05, 0.1) is 41.8 Å². The van der Waals surface area contributed by atoms with Crippen molar-refractivity contribution in [3.8, 4) is 5.69 Å². The number of nitrogens with zero attached hydrogens (tertiary/aromatic N) is 2. The van der Waals surface area contributed by atoms with E-state index in [1.54, 1.807) is 22.7 Å². The van der Waals surface area contributed by atoms with Gasteiger partial charge in [-0.15, -0.1) is 0 Å². The van der Waals surface area contributed by atoms with E-state index in [1.165, 1.54) is 0 Å². The number of aromatic amines is 1. The van der Waals surface area contributed by atoms with E-state index in [0.717, 1.165) is 28.8 Å². The number of carbonyl (C=O) groups excluding carboxylic acids is 1. The summed E-state index contributed by atoms with van der Waals surface area (Å²) >= 11 is 0. The maximum absolute atomic E-state index is 15.7. The Morgan fingerprint density at radius 1 is 1.00 bits per heavy atom. The molecule has 4 aromatic rings. The number of ether oxygens (including phenoxy) is 1. The molecule has 0 unspecified atom stereocenters. The first kappa shape index (κ1) is 29.9. The summed E-state index contributed by atoms with van der Waals surface area (Å²) in [4.78, 5) is 27.8. The summed E-state index contributed by atoms with van der Waals surface area (Å²) in [6.07, 6.45) is 0.905. The van der Waals surface area contributed by atoms with E-state index in [9.17, 15) is 14.7 Å². The molecule has 3 aromatic carbocycles. The molecule has 0 radical (unpaired) electrons. The van der Waals surface area contributed by atoms with Crippen LogP contribution in [0.1, 0.15) is 30.9 Å². The highest BCUT2D eigenvalue weighted by Crippen LogP contribution is 2.47. The van der Waals surface area contributed by atoms with Gasteiger partial charge in [-0.1, -0.05) is 61.5 Å². The summed E-state index contributed by atoms with van der Waals surface area (Å²) < 4.78 is 23.7. The monoisotopic (exact) mass is 589 g/mol. The van der Waals surface area contributed by atoms with Crippen molar-refractivity contribution in [2.24, 2.45) is 5.92 Å². The number of aryl methyl sites for hydroxylation is 1. The van der Waals surface area contributed by atoms with E-state index >= 15 is 4.11 Å². The number of aromatic nitrogens is 2. The van der Waals surface area contributed by atoms with Crippen molar-refractivity contribution in [2.75, 3.05) is 13.2 Å². The molecule has 1 aliphatic heterocycles. The third-order valence-electron chi connectivity index (χ3n) is 8.52. The number of aliphatic hydroxyl groups excluding tert-OH is 1. The van der Waals surface area contributed by atoms with Gasteiger partial charge in [-0.3, -0.25) is 14.7 Å². The van der Waals surface area contributed by atoms with Crippen molar-refractivity contribution < 1.29 is 18.7 Å². The van der Waals surface area contributed by atoms with E-state index in [0.29, 0.717) is 18.4 Å². The van der Waals surface area contributed by atoms with Crippen molar-refractivity contribution in [1.29, 1.82) is 0 Å². The van der Waals surface area contributed by atoms with Crippen molar-refractivity contribution in [3.05, 3.63) is 100 Å². The topological polar surface area (TPSA) is 87.6 Å². The lowest BCUT2D eigenvalue weighted by Crippen LogP contribution is -2.40. The summed E-state index contributed by atoms with van der Waals surface area (Å²) in [7, 11) is -3.14. The van der Waals surface area contributed by atoms with Gasteiger partial charge in [0.2, 0.25) is 14.3 Å². The number of carbonyl (C=O) groups is 1. The highest BCUT2D eigenvalue weighted by atomic mass is 28.4. The largest absolute Gasteiger partial charge is 0.395 e. The van der Waals surface area contributed by atoms with Gasteiger partial charge in [0.15, 0.2) is 0 Å². The molecule has 1 saturated heterocycles. The Labute approximate surface area is 247 Å². The molecule has 222 valence electrons. The Bertz CT molecular complexity index is 1550. The van der Waals surface area contributed by atoms with Gasteiger partial charge in [-0.05, 0) is 67.2 Å². The second-order valence-corrected chi connectivity index (χ2v) is 15.7. The molecule has 1 amide bonds. The standard InChI is InChI=1S/C33H40FN3O4Si/c1-23-29(18-15-24-13-16-26(17-14-24)37-33(40)27-11-7-8-12-28(27)35-37)41-30(32(23)42(2,3)34)21-31(39)36(19-20-38)22-25-9-5-4-6-10-25/h4-14,16-17,23,29-30,32,35,38H,15,18-22H2,1-3H3/t23-,29+,30-,32+/m1/s1. The molecular formula is C33H40FN3O4Si. The van der Waals surface area contributed by atoms with Crippen LogP contribution in [0.3, 0.4) is 0 Å². The second-order valence-electron chi connectivity index (χ2n) is 11.9. The number of nitrogens with one attached hydrogen (secondary N) is 1. The summed E-state index contributed by atoms with van der Waals surface area (Å²) in [5.41, 5.74) is 3.25. The van der Waals surface area contributed by atoms with Gasteiger partial charge in [0.1, 0.15) is 0 Å². The Kier molecular flexibility index (Phi) is 9.10. The smallest absolute Gasteiger partial charge is 0.279 e. The predicted octanol–water partition coefficient (Wildman–Crippen LogP) is 5.61. The number of hydrogen-bond donors (Lipinski definition) is 2. The third kappa shape index (κ3) is 6.58. The molecular weight excluding hydrogens is 549 g/mol. The lowest BCUT2D eigenvalue weighted by Gasteiger charge is -2.30. The van der Waals surface area contributed by atoms with Gasteiger partial charge >= 0.3 is 0 Å². The van der Waals surface area contributed by atoms with Crippen molar-refractivity contribution >= 4 is 25.2 Å². The fourth-order valence-corrected chi connectivity index (χ4v) is 9.00. The van der Waals surface area contributed by atoms with Gasteiger partial charge in [-0.2, -0.15) is 0 Å². The van der Waals surface area contributed by atoms with E-state index in [4.69, 9.17) is 4.74 Å². The number of hydrogen-bond acceptors (Lipinski definition) is 4. The molecule has 7 nitrogen and oxygen atoms in total. The van der Waals surface area contributed by atoms with E-state index in [2.05, 4.69) is 12.0 Å². The van der Waals surface area contributed by atoms with Crippen LogP contribution in [0.15, 0.2) is 83.7 Å². The molecule has 42 heavy (non-hydrogen) atoms. The Balaban J connectivity index is 1.25. The highest BCUT2D eigenvalue weighted by molar-refractivity contribution is 6.72. The first-order valence-electron chi connectivity index (χ1n) is 14.7. The zero-order chi connectivity index (χ0) is 29.9. The minimum atomic E-state index is -3.14. The molecule has 1 aromatic heterocycles. The molecule has 0 bridgehead atoms. The minimum absolute atomic E-state index is 0.0147. The lowest BCUT2D eigenvalue weighted by atomic mass is 9.95. The Hall–Kier alpha value is -3.53. The average Bonchev–Trinajstić information content (AvgIpc) is 3.48. The zero-order valence-electron chi connectivity index (χ0n) is 24.5. The van der Waals surface area contributed by atoms with Crippen LogP contribution >= 0.6 is 0 Å². The van der Waals surface area contributed by atoms with E-state index in [-0.39, 0.29) is 48.6 Å². The quantitative estimate of drug-likeness (QED) is 0.176. The molecule has 1 fully saturated rings. The average molecular weight is 590 g/mol. The van der Waals surface area contributed by atoms with Crippen molar-refractivity contribution in [2.45, 2.75) is 63.6 Å². The number of H-pyrrole nitrogens is 1. The van der Waals surface area contributed by atoms with Gasteiger partial charge in [0, 0.05) is 18.6 Å². The molecule has 4 atom stereocenters. The van der Waals surface area contributed by atoms with Crippen LogP contribution in [0.4, 0.5) is 4.11 Å². The van der Waals surface area contributed by atoms with Gasteiger partial charge in [-0.25, -0.2) is 4.68 Å². The summed E-state index contributed by atoms with van der Waals surface area (Å²) in [6, 6.07) is 25.0. The van der Waals surface area contributed by atoms with Crippen LogP contribution in [0, 0.1) is 5.92 Å². The van der Waals surface area contributed by atoms with Gasteiger partial charge in [0.25, 0.3) is 5.56 Å². The Morgan fingerprint density at radius 2 is 1.69 bits per heavy atom. The van der Waals surface area contributed by atoms with Crippen molar-refractivity contribution in [3.63, 3.8) is 0 Å². The molecule has 5 rings (SSSR count). The number of rotatable bonds is 11. The fraction of sp³-hybridized carbons (Fsp3) is 0.394. The molecule has 0 spiro atoms. The molecule has 0 saturated carbocycles. The lowest BCUT2D eigenvalue weighted by molar-refractivity contribution is -0.135. The van der Waals surface area contributed by atoms with Crippen LogP contribution in [0.2, 0.25) is 18.6 Å². The van der Waals surface area contributed by atoms with Crippen molar-refractivity contribution in [1.82, 2.24) is 14.7 Å². The number of benzene rings is 3. The number of fused-ring (bicyclic) bond motifs is 1. The molecule has 9 heteroatoms. The highest BCUT2D eigenvalue weighted by Gasteiger charge is 2.51. The summed E-state index contributed by atoms with van der Waals surface area (Å²) in [5, 5.41) is 13.4. The second kappa shape index (κ2) is 12.8.